The maximum Gasteiger partial charge on any atom is 0.277 e. The molecule has 0 bridgehead atoms. The van der Waals surface area contributed by atoms with E-state index < -0.39 is 10.9 Å². The molecule has 1 aromatic heterocycles. The summed E-state index contributed by atoms with van der Waals surface area (Å²) in [5.74, 6) is -1.36. The van der Waals surface area contributed by atoms with E-state index in [4.69, 9.17) is 4.42 Å². The van der Waals surface area contributed by atoms with Crippen molar-refractivity contribution in [2.45, 2.75) is 5.22 Å². The van der Waals surface area contributed by atoms with E-state index in [2.05, 4.69) is 10.2 Å². The van der Waals surface area contributed by atoms with Crippen LogP contribution in [-0.2, 0) is 4.79 Å². The number of nitrogens with zero attached hydrogens (tertiary/aromatic N) is 3. The van der Waals surface area contributed by atoms with Crippen molar-refractivity contribution < 1.29 is 19.2 Å². The Morgan fingerprint density at radius 2 is 2.00 bits per heavy atom. The van der Waals surface area contributed by atoms with Crippen LogP contribution in [0, 0.1) is 10.1 Å². The molecule has 19 heavy (non-hydrogen) atoms. The smallest absolute Gasteiger partial charge is 0.277 e. The lowest BCUT2D eigenvalue weighted by molar-refractivity contribution is -0.384. The third-order valence-electron chi connectivity index (χ3n) is 2.05. The molecule has 0 amide bonds. The molecule has 0 aliphatic heterocycles. The third kappa shape index (κ3) is 3.28. The van der Waals surface area contributed by atoms with Gasteiger partial charge in [-0.2, -0.15) is 0 Å². The van der Waals surface area contributed by atoms with Crippen molar-refractivity contribution in [2.24, 2.45) is 0 Å². The number of rotatable bonds is 5. The number of hydrogen-bond acceptors (Lipinski definition) is 8. The van der Waals surface area contributed by atoms with Gasteiger partial charge in [-0.25, -0.2) is 0 Å². The first kappa shape index (κ1) is 13.0. The zero-order valence-electron chi connectivity index (χ0n) is 9.31. The molecule has 0 saturated carbocycles. The molecule has 0 unspecified atom stereocenters. The number of nitro benzene ring substituents is 1. The number of non-ortho nitro benzene ring substituents is 1. The lowest BCUT2D eigenvalue weighted by Gasteiger charge is -1.96. The summed E-state index contributed by atoms with van der Waals surface area (Å²) >= 11 is 0.842. The van der Waals surface area contributed by atoms with E-state index in [0.29, 0.717) is 5.56 Å². The van der Waals surface area contributed by atoms with Crippen LogP contribution in [0.4, 0.5) is 5.69 Å². The van der Waals surface area contributed by atoms with Gasteiger partial charge >= 0.3 is 0 Å². The van der Waals surface area contributed by atoms with Gasteiger partial charge in [0.05, 0.1) is 10.9 Å². The van der Waals surface area contributed by atoms with Crippen LogP contribution < -0.4 is 5.11 Å². The van der Waals surface area contributed by atoms with Crippen LogP contribution >= 0.6 is 11.8 Å². The fourth-order valence-corrected chi connectivity index (χ4v) is 1.71. The molecule has 9 heteroatoms. The second kappa shape index (κ2) is 5.48. The topological polar surface area (TPSA) is 122 Å². The highest BCUT2D eigenvalue weighted by atomic mass is 32.2. The van der Waals surface area contributed by atoms with Crippen molar-refractivity contribution in [2.75, 3.05) is 5.75 Å². The first-order valence-electron chi connectivity index (χ1n) is 4.97. The van der Waals surface area contributed by atoms with E-state index >= 15 is 0 Å². The quantitative estimate of drug-likeness (QED) is 0.440. The third-order valence-corrected chi connectivity index (χ3v) is 2.84. The minimum atomic E-state index is -1.24. The van der Waals surface area contributed by atoms with Gasteiger partial charge in [-0.05, 0) is 12.1 Å². The standard InChI is InChI=1S/C10H7N3O5S/c14-8(15)5-19-10-12-11-9(18-10)6-1-3-7(4-2-6)13(16)17/h1-4H,5H2,(H,14,15)/p-1. The Morgan fingerprint density at radius 1 is 1.32 bits per heavy atom. The minimum Gasteiger partial charge on any atom is -0.549 e. The van der Waals surface area contributed by atoms with Crippen LogP contribution in [0.2, 0.25) is 0 Å². The van der Waals surface area contributed by atoms with Crippen molar-refractivity contribution >= 4 is 23.4 Å². The Morgan fingerprint density at radius 3 is 2.58 bits per heavy atom. The van der Waals surface area contributed by atoms with Crippen LogP contribution in [-0.4, -0.2) is 26.8 Å². The Labute approximate surface area is 110 Å². The van der Waals surface area contributed by atoms with Crippen molar-refractivity contribution in [3.05, 3.63) is 34.4 Å². The molecule has 0 N–H and O–H groups in total. The van der Waals surface area contributed by atoms with Gasteiger partial charge in [0, 0.05) is 23.4 Å². The highest BCUT2D eigenvalue weighted by Gasteiger charge is 2.11. The highest BCUT2D eigenvalue weighted by molar-refractivity contribution is 7.99. The number of carboxylic acids is 1. The van der Waals surface area contributed by atoms with E-state index in [1.54, 1.807) is 0 Å². The average Bonchev–Trinajstić information content (AvgIpc) is 2.85. The van der Waals surface area contributed by atoms with E-state index in [-0.39, 0.29) is 22.6 Å². The molecule has 0 atom stereocenters. The summed E-state index contributed by atoms with van der Waals surface area (Å²) in [4.78, 5) is 20.2. The van der Waals surface area contributed by atoms with Gasteiger partial charge < -0.3 is 14.3 Å². The molecule has 0 fully saturated rings. The van der Waals surface area contributed by atoms with Crippen molar-refractivity contribution in [1.29, 1.82) is 0 Å². The minimum absolute atomic E-state index is 0.0465. The van der Waals surface area contributed by atoms with Gasteiger partial charge in [-0.15, -0.1) is 10.2 Å². The van der Waals surface area contributed by atoms with E-state index in [1.165, 1.54) is 24.3 Å². The van der Waals surface area contributed by atoms with Gasteiger partial charge in [0.15, 0.2) is 0 Å². The molecular weight excluding hydrogens is 274 g/mol. The largest absolute Gasteiger partial charge is 0.549 e. The lowest BCUT2D eigenvalue weighted by atomic mass is 10.2. The molecule has 1 heterocycles. The van der Waals surface area contributed by atoms with Gasteiger partial charge in [-0.3, -0.25) is 10.1 Å². The molecule has 0 aliphatic carbocycles. The predicted octanol–water partition coefficient (Wildman–Crippen LogP) is 0.487. The second-order valence-corrected chi connectivity index (χ2v) is 4.26. The maximum atomic E-state index is 10.5. The summed E-state index contributed by atoms with van der Waals surface area (Å²) in [6, 6.07) is 5.57. The number of carbonyl (C=O) groups is 1. The summed E-state index contributed by atoms with van der Waals surface area (Å²) in [6.07, 6.45) is 0. The number of aliphatic carboxylic acids is 1. The van der Waals surface area contributed by atoms with Crippen LogP contribution in [0.15, 0.2) is 33.9 Å². The fourth-order valence-electron chi connectivity index (χ4n) is 1.23. The molecule has 0 radical (unpaired) electrons. The number of nitro groups is 1. The molecule has 1 aromatic carbocycles. The SMILES string of the molecule is O=C([O-])CSc1nnc(-c2ccc([N+](=O)[O-])cc2)o1. The fraction of sp³-hybridized carbons (Fsp3) is 0.100. The van der Waals surface area contributed by atoms with Gasteiger partial charge in [0.1, 0.15) is 0 Å². The number of carbonyl (C=O) groups excluding carboxylic acids is 1. The van der Waals surface area contributed by atoms with Crippen LogP contribution in [0.25, 0.3) is 11.5 Å². The number of carboxylic acid groups (broad SMARTS) is 1. The Kier molecular flexibility index (Phi) is 3.76. The van der Waals surface area contributed by atoms with E-state index in [1.807, 2.05) is 0 Å². The maximum absolute atomic E-state index is 10.5. The predicted molar refractivity (Wildman–Crippen MR) is 62.1 cm³/mol. The monoisotopic (exact) mass is 280 g/mol. The summed E-state index contributed by atoms with van der Waals surface area (Å²) in [5, 5.41) is 28.2. The van der Waals surface area contributed by atoms with Crippen molar-refractivity contribution in [3.8, 4) is 11.5 Å². The first-order valence-corrected chi connectivity index (χ1v) is 5.96. The number of benzene rings is 1. The number of aromatic nitrogens is 2. The molecule has 2 aromatic rings. The summed E-state index contributed by atoms with van der Waals surface area (Å²) in [6.45, 7) is 0. The van der Waals surface area contributed by atoms with E-state index in [0.717, 1.165) is 11.8 Å². The Hall–Kier alpha value is -2.42. The number of hydrogen-bond donors (Lipinski definition) is 0. The second-order valence-electron chi connectivity index (χ2n) is 3.34. The van der Waals surface area contributed by atoms with Gasteiger partial charge in [0.25, 0.3) is 10.9 Å². The van der Waals surface area contributed by atoms with Crippen LogP contribution in [0.3, 0.4) is 0 Å². The molecular formula is C10H6N3O5S-. The molecule has 0 spiro atoms. The van der Waals surface area contributed by atoms with Gasteiger partial charge in [0.2, 0.25) is 5.89 Å². The molecule has 8 nitrogen and oxygen atoms in total. The highest BCUT2D eigenvalue weighted by Crippen LogP contribution is 2.24. The lowest BCUT2D eigenvalue weighted by Crippen LogP contribution is -2.24. The van der Waals surface area contributed by atoms with Crippen LogP contribution in [0.1, 0.15) is 0 Å². The van der Waals surface area contributed by atoms with Gasteiger partial charge in [-0.1, -0.05) is 11.8 Å². The zero-order chi connectivity index (χ0) is 13.8. The Bertz CT molecular complexity index is 610. The Balaban J connectivity index is 2.13. The van der Waals surface area contributed by atoms with Crippen molar-refractivity contribution in [1.82, 2.24) is 10.2 Å². The van der Waals surface area contributed by atoms with Crippen LogP contribution in [0.5, 0.6) is 0 Å². The zero-order valence-corrected chi connectivity index (χ0v) is 10.1. The molecule has 0 saturated heterocycles. The molecule has 0 aliphatic rings. The normalized spacial score (nSPS) is 10.3. The average molecular weight is 280 g/mol. The summed E-state index contributed by atoms with van der Waals surface area (Å²) in [5.41, 5.74) is 0.466. The first-order chi connectivity index (χ1) is 9.06. The summed E-state index contributed by atoms with van der Waals surface area (Å²) in [7, 11) is 0. The summed E-state index contributed by atoms with van der Waals surface area (Å²) < 4.78 is 5.20. The molecule has 2 rings (SSSR count). The molecule has 98 valence electrons. The van der Waals surface area contributed by atoms with E-state index in [9.17, 15) is 20.0 Å². The van der Waals surface area contributed by atoms with Crippen molar-refractivity contribution in [3.63, 3.8) is 0 Å². The number of thioether (sulfide) groups is 1.